The maximum atomic E-state index is 12.7. The highest BCUT2D eigenvalue weighted by Gasteiger charge is 2.63. The maximum Gasteiger partial charge on any atom is 0.364 e. The maximum absolute atomic E-state index is 12.7. The average molecular weight is 1090 g/mol. The molecule has 3 aliphatic heterocycles. The molecule has 3 fully saturated rings. The molecule has 3 saturated heterocycles. The monoisotopic (exact) mass is 1090 g/mol. The Balaban J connectivity index is 1.09. The van der Waals surface area contributed by atoms with E-state index in [1.165, 1.54) is 10.9 Å². The van der Waals surface area contributed by atoms with Gasteiger partial charge >= 0.3 is 5.97 Å². The number of carboxylic acids is 1. The minimum atomic E-state index is -2.69. The van der Waals surface area contributed by atoms with E-state index in [0.717, 1.165) is 6.92 Å². The van der Waals surface area contributed by atoms with Crippen molar-refractivity contribution in [3.05, 3.63) is 35.7 Å². The van der Waals surface area contributed by atoms with Gasteiger partial charge in [-0.1, -0.05) is 36.4 Å². The Labute approximate surface area is 436 Å². The van der Waals surface area contributed by atoms with Gasteiger partial charge < -0.3 is 95.0 Å². The van der Waals surface area contributed by atoms with Crippen LogP contribution in [0.25, 0.3) is 0 Å². The van der Waals surface area contributed by atoms with Crippen molar-refractivity contribution in [1.82, 2.24) is 55.2 Å². The quantitative estimate of drug-likeness (QED) is 0.0308. The SMILES string of the molecule is CC(=O)N[C@@H]1[C@H](O)C[C@](OCc2cn(CCN(CCn3cc(CO[C@@H]4C[C@@H](O)[C@@H](C)C(C(C)C(O)CO)O4)nn3)CCn3cc(CO[C@@H]4C[C@@H](O)[C@@H](C)C(C(O)C(O)CO)O4)nn3)nn2)(C(=O)O)OC1(CO)C(O)CO. The first-order valence-electron chi connectivity index (χ1n) is 25.1. The zero-order valence-electron chi connectivity index (χ0n) is 42.8. The second-order valence-corrected chi connectivity index (χ2v) is 19.8. The largest absolute Gasteiger partial charge is 0.477 e. The molecule has 8 unspecified atom stereocenters. The van der Waals surface area contributed by atoms with Gasteiger partial charge in [-0.3, -0.25) is 23.7 Å². The number of nitrogens with zero attached hydrogens (tertiary/aromatic N) is 10. The number of carbonyl (C=O) groups is 2. The Morgan fingerprint density at radius 2 is 1.21 bits per heavy atom. The van der Waals surface area contributed by atoms with Gasteiger partial charge in [0.15, 0.2) is 12.6 Å². The zero-order valence-corrected chi connectivity index (χ0v) is 42.8. The van der Waals surface area contributed by atoms with E-state index < -0.39 is 148 Å². The summed E-state index contributed by atoms with van der Waals surface area (Å²) in [7, 11) is 0. The molecule has 0 spiro atoms. The Bertz CT molecular complexity index is 2170. The van der Waals surface area contributed by atoms with Crippen LogP contribution in [0.1, 0.15) is 64.0 Å². The smallest absolute Gasteiger partial charge is 0.364 e. The minimum absolute atomic E-state index is 0.00256. The zero-order chi connectivity index (χ0) is 55.5. The summed E-state index contributed by atoms with van der Waals surface area (Å²) in [5.41, 5.74) is -1.36. The second kappa shape index (κ2) is 27.5. The van der Waals surface area contributed by atoms with E-state index in [1.807, 2.05) is 6.92 Å². The van der Waals surface area contributed by atoms with Crippen LogP contribution in [0.3, 0.4) is 0 Å². The highest BCUT2D eigenvalue weighted by atomic mass is 16.7. The van der Waals surface area contributed by atoms with Crippen molar-refractivity contribution in [3.8, 4) is 0 Å². The van der Waals surface area contributed by atoms with Crippen LogP contribution in [0.4, 0.5) is 0 Å². The number of amides is 1. The van der Waals surface area contributed by atoms with Crippen LogP contribution in [0.2, 0.25) is 0 Å². The molecule has 3 aliphatic rings. The molecule has 0 radical (unpaired) electrons. The normalized spacial score (nSPS) is 31.2. The van der Waals surface area contributed by atoms with Crippen LogP contribution in [0.15, 0.2) is 18.6 Å². The molecule has 3 aromatic rings. The molecule has 0 aromatic carbocycles. The molecule has 0 saturated carbocycles. The number of aromatic nitrogens is 9. The summed E-state index contributed by atoms with van der Waals surface area (Å²) in [6.45, 7) is 4.46. The summed E-state index contributed by atoms with van der Waals surface area (Å²) in [4.78, 5) is 26.8. The highest BCUT2D eigenvalue weighted by Crippen LogP contribution is 2.40. The first-order chi connectivity index (χ1) is 36.2. The fourth-order valence-corrected chi connectivity index (χ4v) is 9.56. The number of ether oxygens (including phenoxy) is 6. The first kappa shape index (κ1) is 60.9. The van der Waals surface area contributed by atoms with Gasteiger partial charge in [-0.15, -0.1) is 15.3 Å². The van der Waals surface area contributed by atoms with Crippen LogP contribution in [-0.4, -0.2) is 254 Å². The summed E-state index contributed by atoms with van der Waals surface area (Å²) in [5.74, 6) is -6.45. The third-order valence-electron chi connectivity index (χ3n) is 14.4. The van der Waals surface area contributed by atoms with E-state index in [0.29, 0.717) is 44.1 Å². The van der Waals surface area contributed by atoms with E-state index in [-0.39, 0.29) is 44.2 Å². The van der Waals surface area contributed by atoms with Gasteiger partial charge in [0, 0.05) is 63.6 Å². The second-order valence-electron chi connectivity index (χ2n) is 19.8. The van der Waals surface area contributed by atoms with Crippen molar-refractivity contribution in [2.24, 2.45) is 17.8 Å². The summed E-state index contributed by atoms with van der Waals surface area (Å²) in [6, 6.07) is -1.54. The van der Waals surface area contributed by atoms with E-state index in [1.54, 1.807) is 35.6 Å². The number of carboxylic acid groups (broad SMARTS) is 1. The fraction of sp³-hybridized carbons (Fsp3) is 0.822. The van der Waals surface area contributed by atoms with E-state index in [2.05, 4.69) is 41.2 Å². The molecular formula is C45H75N11O20. The lowest BCUT2D eigenvalue weighted by molar-refractivity contribution is -0.351. The highest BCUT2D eigenvalue weighted by molar-refractivity contribution is 5.77. The fourth-order valence-electron chi connectivity index (χ4n) is 9.56. The van der Waals surface area contributed by atoms with E-state index in [9.17, 15) is 70.9 Å². The predicted octanol–water partition coefficient (Wildman–Crippen LogP) is -6.21. The molecule has 3 aromatic heterocycles. The number of hydrogen-bond acceptors (Lipinski definition) is 26. The Morgan fingerprint density at radius 3 is 1.66 bits per heavy atom. The summed E-state index contributed by atoms with van der Waals surface area (Å²) >= 11 is 0. The summed E-state index contributed by atoms with van der Waals surface area (Å²) in [6.07, 6.45) is -8.35. The molecule has 0 aliphatic carbocycles. The molecule has 1 amide bonds. The lowest BCUT2D eigenvalue weighted by Gasteiger charge is -2.52. The number of rotatable bonds is 29. The lowest BCUT2D eigenvalue weighted by atomic mass is 9.79. The number of aliphatic carboxylic acids is 1. The number of aliphatic hydroxyl groups excluding tert-OH is 11. The molecular weight excluding hydrogens is 1010 g/mol. The van der Waals surface area contributed by atoms with Gasteiger partial charge in [-0.25, -0.2) is 4.79 Å². The van der Waals surface area contributed by atoms with Crippen molar-refractivity contribution >= 4 is 11.9 Å². The molecule has 13 N–H and O–H groups in total. The average Bonchev–Trinajstić information content (AvgIpc) is 4.23. The van der Waals surface area contributed by atoms with Crippen LogP contribution >= 0.6 is 0 Å². The van der Waals surface area contributed by atoms with Gasteiger partial charge in [-0.05, 0) is 0 Å². The molecule has 31 nitrogen and oxygen atoms in total. The third kappa shape index (κ3) is 15.1. The molecule has 31 heteroatoms. The number of nitrogens with one attached hydrogen (secondary N) is 1. The standard InChI is InChI=1S/C45H75N11O20/c1-24-31(62)11-37(74-40(24)26(3)34(65)17-57)71-20-28-14-54(50-47-28)8-5-53(6-9-55-15-29(48-51-55)21-72-38-12-32(63)25(2)41(75-38)39(68)35(66)18-58)7-10-56-16-30(49-52-56)22-73-45(43(69)70)13-33(64)42(46-27(4)61)44(23-60,76-45)36(67)19-59/h14-16,24-26,31-42,57-60,62-68H,5-13,17-23H2,1-4H3,(H,46,61)(H,69,70)/t24-,25-,26?,31-,32-,33-,34?,35?,36?,37+,38+,39?,40?,41?,42-,44?,45-/m1/s1. The van der Waals surface area contributed by atoms with E-state index in [4.69, 9.17) is 28.4 Å². The summed E-state index contributed by atoms with van der Waals surface area (Å²) in [5, 5.41) is 151. The lowest BCUT2D eigenvalue weighted by Crippen LogP contribution is -2.75. The van der Waals surface area contributed by atoms with Crippen molar-refractivity contribution < 1.29 is 99.3 Å². The Morgan fingerprint density at radius 1 is 0.737 bits per heavy atom. The Hall–Kier alpha value is -4.36. The molecule has 430 valence electrons. The van der Waals surface area contributed by atoms with E-state index >= 15 is 0 Å². The van der Waals surface area contributed by atoms with Crippen molar-refractivity contribution in [2.75, 3.05) is 46.1 Å². The summed E-state index contributed by atoms with van der Waals surface area (Å²) < 4.78 is 40.0. The van der Waals surface area contributed by atoms with Crippen molar-refractivity contribution in [3.63, 3.8) is 0 Å². The molecule has 0 bridgehead atoms. The van der Waals surface area contributed by atoms with Crippen molar-refractivity contribution in [2.45, 2.75) is 171 Å². The van der Waals surface area contributed by atoms with Gasteiger partial charge in [0.25, 0.3) is 5.79 Å². The van der Waals surface area contributed by atoms with Gasteiger partial charge in [0.1, 0.15) is 41.0 Å². The Kier molecular flexibility index (Phi) is 22.0. The van der Waals surface area contributed by atoms with Gasteiger partial charge in [0.2, 0.25) is 5.91 Å². The number of aliphatic hydroxyl groups is 11. The molecule has 17 atom stereocenters. The van der Waals surface area contributed by atoms with Crippen LogP contribution in [0.5, 0.6) is 0 Å². The third-order valence-corrected chi connectivity index (χ3v) is 14.4. The molecule has 6 heterocycles. The van der Waals surface area contributed by atoms with Crippen LogP contribution in [0, 0.1) is 17.8 Å². The first-order valence-corrected chi connectivity index (χ1v) is 25.1. The van der Waals surface area contributed by atoms with Crippen LogP contribution in [-0.2, 0) is 77.5 Å². The minimum Gasteiger partial charge on any atom is -0.477 e. The number of carbonyl (C=O) groups excluding carboxylic acids is 1. The van der Waals surface area contributed by atoms with Gasteiger partial charge in [-0.2, -0.15) is 0 Å². The van der Waals surface area contributed by atoms with Gasteiger partial charge in [0.05, 0.1) is 127 Å². The molecule has 76 heavy (non-hydrogen) atoms. The predicted molar refractivity (Wildman–Crippen MR) is 252 cm³/mol. The van der Waals surface area contributed by atoms with Crippen molar-refractivity contribution in [1.29, 1.82) is 0 Å². The number of hydrogen-bond donors (Lipinski definition) is 13. The topological polar surface area (TPSA) is 440 Å². The van der Waals surface area contributed by atoms with Crippen LogP contribution < -0.4 is 5.32 Å². The molecule has 6 rings (SSSR count).